The van der Waals surface area contributed by atoms with E-state index in [1.807, 2.05) is 24.3 Å². The molecule has 4 aromatic heterocycles. The van der Waals surface area contributed by atoms with Crippen molar-refractivity contribution >= 4 is 55.2 Å². The van der Waals surface area contributed by atoms with Gasteiger partial charge in [0.05, 0.1) is 43.9 Å². The predicted octanol–water partition coefficient (Wildman–Crippen LogP) is 10.7. The van der Waals surface area contributed by atoms with Crippen molar-refractivity contribution in [2.24, 2.45) is 0 Å². The van der Waals surface area contributed by atoms with Crippen molar-refractivity contribution in [1.82, 2.24) is 39.7 Å². The third-order valence-electron chi connectivity index (χ3n) is 11.3. The van der Waals surface area contributed by atoms with Crippen LogP contribution in [-0.2, 0) is 0 Å². The number of hydrogen-bond acceptors (Lipinski definition) is 12. The smallest absolute Gasteiger partial charge is 0.230 e. The van der Waals surface area contributed by atoms with E-state index in [-0.39, 0.29) is 24.8 Å². The molecule has 0 unspecified atom stereocenters. The van der Waals surface area contributed by atoms with E-state index >= 15 is 0 Å². The topological polar surface area (TPSA) is 156 Å². The molecule has 0 spiro atoms. The number of fused-ring (bicyclic) bond motifs is 4. The molecule has 348 valence electrons. The van der Waals surface area contributed by atoms with Crippen LogP contribution in [0.2, 0.25) is 5.15 Å². The Morgan fingerprint density at radius 3 is 1.71 bits per heavy atom. The number of phenols is 1. The van der Waals surface area contributed by atoms with E-state index in [1.165, 1.54) is 82.7 Å². The molecule has 2 fully saturated rings. The summed E-state index contributed by atoms with van der Waals surface area (Å²) in [5.74, 6) is 1.50. The number of nitrogens with zero attached hydrogens (tertiary/aromatic N) is 6. The summed E-state index contributed by atoms with van der Waals surface area (Å²) in [6.45, 7) is 8.17. The van der Waals surface area contributed by atoms with E-state index in [2.05, 4.69) is 39.7 Å². The Labute approximate surface area is 386 Å². The normalized spacial score (nSPS) is 13.8. The number of methoxy groups -OCH3 is 2. The van der Waals surface area contributed by atoms with Crippen LogP contribution in [0.4, 0.5) is 8.78 Å². The molecule has 6 heterocycles. The van der Waals surface area contributed by atoms with Gasteiger partial charge in [-0.2, -0.15) is 0 Å². The van der Waals surface area contributed by atoms with Crippen LogP contribution in [0.15, 0.2) is 85.7 Å². The Kier molecular flexibility index (Phi) is 16.3. The van der Waals surface area contributed by atoms with Crippen molar-refractivity contribution in [2.45, 2.75) is 46.0 Å². The number of H-pyrrole nitrogens is 2. The number of rotatable bonds is 14. The number of halogens is 3. The molecule has 2 aliphatic rings. The highest BCUT2D eigenvalue weighted by Gasteiger charge is 2.17. The maximum absolute atomic E-state index is 14.5. The predicted molar refractivity (Wildman–Crippen MR) is 254 cm³/mol. The van der Waals surface area contributed by atoms with Gasteiger partial charge >= 0.3 is 0 Å². The highest BCUT2D eigenvalue weighted by molar-refractivity contribution is 6.34. The first-order valence-corrected chi connectivity index (χ1v) is 22.1. The molecule has 0 atom stereocenters. The second kappa shape index (κ2) is 22.6. The molecule has 4 aromatic carbocycles. The standard InChI is InChI=1S/C24H25FN4O3.C16H20ClN3O2.C8H6FNO.CH4/c1-30-22-12-17-20(14-23(22)31-10-4-9-29-7-2-3-8-29)27-15-28-24(17)32-21-11-16-5-6-26-19(16)13-18(21)25;1-21-14-9-12-13(18-11-19-16(12)17)10-15(14)22-8-4-7-20-5-2-3-6-20;9-6-4-7-5(1-2-10-7)3-8(6)11;/h5-6,11-15,26H,2-4,7-10H2,1H3;9-11H,2-8H2,1H3;1-4,10-11H;1H4. The molecular weight excluding hydrogens is 870 g/mol. The lowest BCUT2D eigenvalue weighted by Gasteiger charge is -2.16. The van der Waals surface area contributed by atoms with Crippen LogP contribution < -0.4 is 23.7 Å². The number of likely N-dealkylation sites (tertiary alicyclic amines) is 2. The fraction of sp³-hybridized carbons (Fsp3) is 0.347. The Morgan fingerprint density at radius 1 is 0.621 bits per heavy atom. The fourth-order valence-electron chi connectivity index (χ4n) is 7.95. The van der Waals surface area contributed by atoms with Crippen LogP contribution in [0.25, 0.3) is 43.6 Å². The van der Waals surface area contributed by atoms with Gasteiger partial charge in [-0.05, 0) is 101 Å². The molecule has 0 saturated carbocycles. The Balaban J connectivity index is 0.000000164. The summed E-state index contributed by atoms with van der Waals surface area (Å²) in [6, 6.07) is 16.6. The highest BCUT2D eigenvalue weighted by atomic mass is 35.5. The van der Waals surface area contributed by atoms with E-state index < -0.39 is 11.6 Å². The van der Waals surface area contributed by atoms with Gasteiger partial charge in [0, 0.05) is 76.9 Å². The summed E-state index contributed by atoms with van der Waals surface area (Å²) in [6.07, 6.45) is 13.5. The van der Waals surface area contributed by atoms with Gasteiger partial charge in [0.1, 0.15) is 17.8 Å². The lowest BCUT2D eigenvalue weighted by atomic mass is 10.2. The number of phenolic OH excluding ortho intramolecular Hbond substituents is 1. The number of aromatic amines is 2. The first kappa shape index (κ1) is 47.5. The van der Waals surface area contributed by atoms with Gasteiger partial charge in [0.15, 0.2) is 46.1 Å². The minimum Gasteiger partial charge on any atom is -0.505 e. The van der Waals surface area contributed by atoms with Crippen molar-refractivity contribution < 1.29 is 37.6 Å². The maximum atomic E-state index is 14.5. The zero-order valence-electron chi connectivity index (χ0n) is 36.3. The quantitative estimate of drug-likeness (QED) is 0.0702. The molecule has 66 heavy (non-hydrogen) atoms. The minimum atomic E-state index is -0.597. The molecule has 10 rings (SSSR count). The number of aromatic nitrogens is 6. The van der Waals surface area contributed by atoms with Gasteiger partial charge in [-0.25, -0.2) is 28.7 Å². The van der Waals surface area contributed by atoms with E-state index in [0.717, 1.165) is 47.6 Å². The zero-order valence-corrected chi connectivity index (χ0v) is 37.0. The highest BCUT2D eigenvalue weighted by Crippen LogP contribution is 2.38. The van der Waals surface area contributed by atoms with Crippen molar-refractivity contribution in [3.63, 3.8) is 0 Å². The largest absolute Gasteiger partial charge is 0.505 e. The molecule has 0 radical (unpaired) electrons. The first-order valence-electron chi connectivity index (χ1n) is 21.7. The van der Waals surface area contributed by atoms with Gasteiger partial charge in [0.2, 0.25) is 5.88 Å². The van der Waals surface area contributed by atoms with Gasteiger partial charge in [-0.15, -0.1) is 0 Å². The van der Waals surface area contributed by atoms with Gasteiger partial charge in [-0.1, -0.05) is 19.0 Å². The average molecular weight is 925 g/mol. The fourth-order valence-corrected chi connectivity index (χ4v) is 8.14. The van der Waals surface area contributed by atoms with Crippen LogP contribution in [0.3, 0.4) is 0 Å². The Bertz CT molecular complexity index is 2810. The van der Waals surface area contributed by atoms with Crippen LogP contribution in [0, 0.1) is 11.6 Å². The van der Waals surface area contributed by atoms with Crippen LogP contribution in [0.1, 0.15) is 46.0 Å². The molecule has 2 saturated heterocycles. The molecular formula is C49H55ClF2N8O6. The summed E-state index contributed by atoms with van der Waals surface area (Å²) in [5, 5.41) is 12.4. The van der Waals surface area contributed by atoms with Crippen molar-refractivity contribution in [3.05, 3.63) is 102 Å². The molecule has 0 amide bonds. The van der Waals surface area contributed by atoms with E-state index in [9.17, 15) is 8.78 Å². The van der Waals surface area contributed by atoms with Gasteiger partial charge < -0.3 is 48.6 Å². The lowest BCUT2D eigenvalue weighted by molar-refractivity contribution is 0.254. The van der Waals surface area contributed by atoms with E-state index in [0.29, 0.717) is 63.3 Å². The number of nitrogens with one attached hydrogen (secondary N) is 2. The van der Waals surface area contributed by atoms with E-state index in [1.54, 1.807) is 44.8 Å². The number of hydrogen-bond donors (Lipinski definition) is 3. The number of benzene rings is 4. The molecule has 3 N–H and O–H groups in total. The molecule has 2 aliphatic heterocycles. The Hall–Kier alpha value is -6.49. The Morgan fingerprint density at radius 2 is 1.14 bits per heavy atom. The minimum absolute atomic E-state index is 0. The zero-order chi connectivity index (χ0) is 45.1. The third-order valence-corrected chi connectivity index (χ3v) is 11.6. The van der Waals surface area contributed by atoms with Crippen LogP contribution in [0.5, 0.6) is 40.4 Å². The van der Waals surface area contributed by atoms with Gasteiger partial charge in [0.25, 0.3) is 0 Å². The summed E-state index contributed by atoms with van der Waals surface area (Å²) >= 11 is 6.08. The number of aromatic hydroxyl groups is 1. The molecule has 14 nitrogen and oxygen atoms in total. The second-order valence-electron chi connectivity index (χ2n) is 15.7. The van der Waals surface area contributed by atoms with Gasteiger partial charge in [-0.3, -0.25) is 0 Å². The molecule has 8 aromatic rings. The molecule has 0 bridgehead atoms. The van der Waals surface area contributed by atoms with Crippen molar-refractivity contribution in [3.8, 4) is 40.4 Å². The first-order chi connectivity index (χ1) is 31.8. The number of ether oxygens (including phenoxy) is 5. The summed E-state index contributed by atoms with van der Waals surface area (Å²) < 4.78 is 55.9. The maximum Gasteiger partial charge on any atom is 0.230 e. The average Bonchev–Trinajstić information content (AvgIpc) is 4.18. The summed E-state index contributed by atoms with van der Waals surface area (Å²) in [7, 11) is 3.21. The van der Waals surface area contributed by atoms with Crippen LogP contribution >= 0.6 is 11.6 Å². The van der Waals surface area contributed by atoms with Crippen molar-refractivity contribution in [2.75, 3.05) is 66.7 Å². The summed E-state index contributed by atoms with van der Waals surface area (Å²) in [4.78, 5) is 27.5. The van der Waals surface area contributed by atoms with Crippen LogP contribution in [-0.4, -0.2) is 112 Å². The second-order valence-corrected chi connectivity index (χ2v) is 16.1. The third kappa shape index (κ3) is 11.7. The van der Waals surface area contributed by atoms with Crippen molar-refractivity contribution in [1.29, 1.82) is 0 Å². The molecule has 0 aliphatic carbocycles. The molecule has 17 heteroatoms. The monoisotopic (exact) mass is 924 g/mol. The summed E-state index contributed by atoms with van der Waals surface area (Å²) in [5.41, 5.74) is 2.79. The lowest BCUT2D eigenvalue weighted by Crippen LogP contribution is -2.21. The van der Waals surface area contributed by atoms with E-state index in [4.69, 9.17) is 40.4 Å². The SMILES string of the molecule is C.COc1cc2c(Cl)ncnc2cc1OCCCN1CCCC1.COc1cc2c(Oc3cc4cc[nH]c4cc3F)ncnc2cc1OCCCN1CCCC1.Oc1cc2cc[nH]c2cc1F.